The number of carbonyl (C=O) groups is 1. The Morgan fingerprint density at radius 1 is 0.920 bits per heavy atom. The van der Waals surface area contributed by atoms with E-state index in [0.29, 0.717) is 4.88 Å². The van der Waals surface area contributed by atoms with Crippen molar-refractivity contribution in [1.29, 1.82) is 0 Å². The topological polar surface area (TPSA) is 41.1 Å². The van der Waals surface area contributed by atoms with Crippen LogP contribution in [-0.4, -0.2) is 5.91 Å². The highest BCUT2D eigenvalue weighted by atomic mass is 32.2. The van der Waals surface area contributed by atoms with Gasteiger partial charge < -0.3 is 10.6 Å². The van der Waals surface area contributed by atoms with E-state index in [1.807, 2.05) is 66.0 Å². The van der Waals surface area contributed by atoms with Gasteiger partial charge in [-0.15, -0.1) is 11.3 Å². The van der Waals surface area contributed by atoms with Gasteiger partial charge in [-0.3, -0.25) is 4.79 Å². The van der Waals surface area contributed by atoms with Gasteiger partial charge in [-0.25, -0.2) is 0 Å². The molecule has 1 aliphatic rings. The minimum Gasteiger partial charge on any atom is -0.367 e. The first kappa shape index (κ1) is 16.0. The van der Waals surface area contributed by atoms with Crippen LogP contribution in [0.5, 0.6) is 0 Å². The number of rotatable bonds is 4. The van der Waals surface area contributed by atoms with E-state index in [2.05, 4.69) is 22.8 Å². The highest BCUT2D eigenvalue weighted by Crippen LogP contribution is 2.42. The first-order valence-electron chi connectivity index (χ1n) is 7.94. The Morgan fingerprint density at radius 3 is 2.32 bits per heavy atom. The maximum Gasteiger partial charge on any atom is 0.266 e. The molecule has 2 N–H and O–H groups in total. The van der Waals surface area contributed by atoms with Gasteiger partial charge in [-0.2, -0.15) is 0 Å². The maximum atomic E-state index is 12.5. The second kappa shape index (κ2) is 7.17. The lowest BCUT2D eigenvalue weighted by Crippen LogP contribution is -2.21. The molecule has 5 heteroatoms. The monoisotopic (exact) mass is 364 g/mol. The van der Waals surface area contributed by atoms with E-state index in [1.54, 1.807) is 11.8 Å². The summed E-state index contributed by atoms with van der Waals surface area (Å²) in [6.07, 6.45) is 0. The fourth-order valence-electron chi connectivity index (χ4n) is 2.67. The molecule has 1 aliphatic heterocycles. The predicted molar refractivity (Wildman–Crippen MR) is 105 cm³/mol. The molecule has 2 aromatic carbocycles. The van der Waals surface area contributed by atoms with Crippen molar-refractivity contribution >= 4 is 34.7 Å². The van der Waals surface area contributed by atoms with Crippen LogP contribution < -0.4 is 10.6 Å². The van der Waals surface area contributed by atoms with Gasteiger partial charge in [-0.1, -0.05) is 78.5 Å². The van der Waals surface area contributed by atoms with Gasteiger partial charge in [0.1, 0.15) is 10.4 Å². The zero-order valence-corrected chi connectivity index (χ0v) is 14.9. The van der Waals surface area contributed by atoms with Gasteiger partial charge in [0.15, 0.2) is 0 Å². The number of hydrogen-bond acceptors (Lipinski definition) is 4. The Kier molecular flexibility index (Phi) is 4.59. The fraction of sp³-hybridized carbons (Fsp3) is 0.0500. The quantitative estimate of drug-likeness (QED) is 0.696. The van der Waals surface area contributed by atoms with Crippen molar-refractivity contribution in [1.82, 2.24) is 10.6 Å². The zero-order chi connectivity index (χ0) is 17.1. The Labute approximate surface area is 154 Å². The molecule has 1 unspecified atom stereocenters. The summed E-state index contributed by atoms with van der Waals surface area (Å²) in [4.78, 5) is 13.2. The summed E-state index contributed by atoms with van der Waals surface area (Å²) in [7, 11) is 0. The van der Waals surface area contributed by atoms with E-state index in [-0.39, 0.29) is 11.3 Å². The molecule has 0 saturated carbocycles. The first-order valence-corrected chi connectivity index (χ1v) is 9.70. The summed E-state index contributed by atoms with van der Waals surface area (Å²) in [5.74, 6) is -0.0681. The smallest absolute Gasteiger partial charge is 0.266 e. The van der Waals surface area contributed by atoms with Crippen molar-refractivity contribution in [2.24, 2.45) is 0 Å². The molecule has 4 rings (SSSR count). The molecule has 0 spiro atoms. The summed E-state index contributed by atoms with van der Waals surface area (Å²) in [5.41, 5.74) is 3.21. The first-order chi connectivity index (χ1) is 12.3. The highest BCUT2D eigenvalue weighted by molar-refractivity contribution is 8.03. The molecule has 3 nitrogen and oxygen atoms in total. The minimum absolute atomic E-state index is 0.0681. The van der Waals surface area contributed by atoms with E-state index in [0.717, 1.165) is 16.3 Å². The second-order valence-corrected chi connectivity index (χ2v) is 7.62. The van der Waals surface area contributed by atoms with Gasteiger partial charge in [0.05, 0.1) is 10.6 Å². The molecule has 25 heavy (non-hydrogen) atoms. The third-order valence-corrected chi connectivity index (χ3v) is 5.91. The maximum absolute atomic E-state index is 12.5. The second-order valence-electron chi connectivity index (χ2n) is 5.55. The van der Waals surface area contributed by atoms with Crippen LogP contribution in [0.1, 0.15) is 26.2 Å². The number of thiophene rings is 1. The van der Waals surface area contributed by atoms with Gasteiger partial charge in [-0.05, 0) is 17.0 Å². The molecule has 124 valence electrons. The molecular formula is C20H16N2OS2. The number of carbonyl (C=O) groups excluding carboxylic acids is 1. The lowest BCUT2D eigenvalue weighted by molar-refractivity contribution is 0.0973. The lowest BCUT2D eigenvalue weighted by Gasteiger charge is -2.12. The third kappa shape index (κ3) is 3.48. The molecule has 0 aliphatic carbocycles. The normalized spacial score (nSPS) is 16.6. The van der Waals surface area contributed by atoms with Crippen LogP contribution in [0.2, 0.25) is 0 Å². The Balaban J connectivity index is 1.64. The molecule has 1 aromatic heterocycles. The minimum atomic E-state index is -0.0681. The molecule has 3 aromatic rings. The number of hydrogen-bond donors (Lipinski definition) is 2. The summed E-state index contributed by atoms with van der Waals surface area (Å²) < 4.78 is 0. The van der Waals surface area contributed by atoms with E-state index in [1.165, 1.54) is 16.9 Å². The molecule has 0 bridgehead atoms. The van der Waals surface area contributed by atoms with Crippen molar-refractivity contribution in [3.05, 3.63) is 99.2 Å². The SMILES string of the molecule is O=C(NC1=C(c2ccccc2)NC(c2ccccc2)S1)c1cccs1. The van der Waals surface area contributed by atoms with E-state index in [4.69, 9.17) is 0 Å². The van der Waals surface area contributed by atoms with Crippen LogP contribution in [-0.2, 0) is 0 Å². The third-order valence-electron chi connectivity index (χ3n) is 3.88. The predicted octanol–water partition coefficient (Wildman–Crippen LogP) is 4.84. The van der Waals surface area contributed by atoms with Crippen LogP contribution in [0.3, 0.4) is 0 Å². The molecular weight excluding hydrogens is 348 g/mol. The number of amides is 1. The van der Waals surface area contributed by atoms with Gasteiger partial charge in [0.25, 0.3) is 5.91 Å². The van der Waals surface area contributed by atoms with Crippen molar-refractivity contribution in [2.75, 3.05) is 0 Å². The van der Waals surface area contributed by atoms with Crippen LogP contribution in [0.25, 0.3) is 5.70 Å². The van der Waals surface area contributed by atoms with Crippen LogP contribution >= 0.6 is 23.1 Å². The van der Waals surface area contributed by atoms with Crippen LogP contribution in [0, 0.1) is 0 Å². The van der Waals surface area contributed by atoms with Crippen LogP contribution in [0.15, 0.2) is 83.2 Å². The standard InChI is InChI=1S/C20H16N2OS2/c23-18(16-12-7-13-24-16)22-20-17(14-8-3-1-4-9-14)21-19(25-20)15-10-5-2-6-11-15/h1-13,19,21H,(H,22,23). The van der Waals surface area contributed by atoms with E-state index < -0.39 is 0 Å². The average molecular weight is 364 g/mol. The summed E-state index contributed by atoms with van der Waals surface area (Å²) in [5, 5.41) is 9.49. The fourth-order valence-corrected chi connectivity index (χ4v) is 4.44. The Morgan fingerprint density at radius 2 is 1.64 bits per heavy atom. The molecule has 0 saturated heterocycles. The van der Waals surface area contributed by atoms with E-state index in [9.17, 15) is 4.79 Å². The highest BCUT2D eigenvalue weighted by Gasteiger charge is 2.28. The largest absolute Gasteiger partial charge is 0.367 e. The summed E-state index contributed by atoms with van der Waals surface area (Å²) in [6, 6.07) is 24.1. The van der Waals surface area contributed by atoms with Gasteiger partial charge in [0.2, 0.25) is 0 Å². The zero-order valence-electron chi connectivity index (χ0n) is 13.3. The molecule has 1 amide bonds. The van der Waals surface area contributed by atoms with Crippen molar-refractivity contribution in [2.45, 2.75) is 5.37 Å². The summed E-state index contributed by atoms with van der Waals surface area (Å²) in [6.45, 7) is 0. The number of thioether (sulfide) groups is 1. The van der Waals surface area contributed by atoms with Crippen molar-refractivity contribution in [3.8, 4) is 0 Å². The van der Waals surface area contributed by atoms with Crippen LogP contribution in [0.4, 0.5) is 0 Å². The molecule has 0 radical (unpaired) electrons. The molecule has 1 atom stereocenters. The van der Waals surface area contributed by atoms with E-state index >= 15 is 0 Å². The Bertz CT molecular complexity index is 890. The number of benzene rings is 2. The molecule has 0 fully saturated rings. The lowest BCUT2D eigenvalue weighted by atomic mass is 10.1. The van der Waals surface area contributed by atoms with Gasteiger partial charge in [0, 0.05) is 5.56 Å². The van der Waals surface area contributed by atoms with Crippen molar-refractivity contribution in [3.63, 3.8) is 0 Å². The molecule has 2 heterocycles. The average Bonchev–Trinajstić information content (AvgIpc) is 3.33. The van der Waals surface area contributed by atoms with Gasteiger partial charge >= 0.3 is 0 Å². The Hall–Kier alpha value is -2.50. The number of nitrogens with one attached hydrogen (secondary N) is 2. The summed E-state index contributed by atoms with van der Waals surface area (Å²) >= 11 is 3.08. The van der Waals surface area contributed by atoms with Crippen molar-refractivity contribution < 1.29 is 4.79 Å².